The summed E-state index contributed by atoms with van der Waals surface area (Å²) in [4.78, 5) is 7.99. The standard InChI is InChI=1S/C9H16N4O/c1-14-5-3-2-4-12-9-7-11-6-8(10)13-9/h6-7H,2-5H2,1H3,(H3,10,12,13). The summed E-state index contributed by atoms with van der Waals surface area (Å²) in [5, 5.41) is 3.14. The van der Waals surface area contributed by atoms with Gasteiger partial charge in [0.15, 0.2) is 0 Å². The van der Waals surface area contributed by atoms with E-state index in [1.54, 1.807) is 13.3 Å². The molecular weight excluding hydrogens is 180 g/mol. The van der Waals surface area contributed by atoms with E-state index in [9.17, 15) is 0 Å². The van der Waals surface area contributed by atoms with Crippen molar-refractivity contribution in [1.82, 2.24) is 9.97 Å². The van der Waals surface area contributed by atoms with Crippen molar-refractivity contribution in [2.24, 2.45) is 0 Å². The lowest BCUT2D eigenvalue weighted by Crippen LogP contribution is -2.05. The van der Waals surface area contributed by atoms with Crippen molar-refractivity contribution in [2.45, 2.75) is 12.8 Å². The number of nitrogens with two attached hydrogens (primary N) is 1. The van der Waals surface area contributed by atoms with E-state index >= 15 is 0 Å². The minimum absolute atomic E-state index is 0.437. The van der Waals surface area contributed by atoms with Crippen LogP contribution in [0.2, 0.25) is 0 Å². The summed E-state index contributed by atoms with van der Waals surface area (Å²) in [6.07, 6.45) is 5.27. The van der Waals surface area contributed by atoms with Crippen LogP contribution in [0.4, 0.5) is 11.6 Å². The molecule has 0 radical (unpaired) electrons. The van der Waals surface area contributed by atoms with Crippen LogP contribution in [0.25, 0.3) is 0 Å². The van der Waals surface area contributed by atoms with E-state index in [4.69, 9.17) is 10.5 Å². The molecule has 0 fully saturated rings. The van der Waals surface area contributed by atoms with Crippen molar-refractivity contribution in [3.8, 4) is 0 Å². The summed E-state index contributed by atoms with van der Waals surface area (Å²) < 4.78 is 4.94. The number of nitrogens with zero attached hydrogens (tertiary/aromatic N) is 2. The summed E-state index contributed by atoms with van der Waals surface area (Å²) in [5.41, 5.74) is 5.48. The van der Waals surface area contributed by atoms with Crippen LogP contribution in [0.1, 0.15) is 12.8 Å². The van der Waals surface area contributed by atoms with Gasteiger partial charge < -0.3 is 15.8 Å². The van der Waals surface area contributed by atoms with E-state index in [1.165, 1.54) is 6.20 Å². The Hall–Kier alpha value is -1.36. The predicted octanol–water partition coefficient (Wildman–Crippen LogP) is 0.897. The van der Waals surface area contributed by atoms with Gasteiger partial charge in [-0.3, -0.25) is 4.98 Å². The van der Waals surface area contributed by atoms with Gasteiger partial charge in [-0.1, -0.05) is 0 Å². The van der Waals surface area contributed by atoms with E-state index in [-0.39, 0.29) is 0 Å². The zero-order chi connectivity index (χ0) is 10.2. The molecule has 0 bridgehead atoms. The number of nitrogens with one attached hydrogen (secondary N) is 1. The molecule has 1 aromatic heterocycles. The molecule has 0 aliphatic heterocycles. The van der Waals surface area contributed by atoms with Gasteiger partial charge in [-0.25, -0.2) is 4.98 Å². The molecule has 0 saturated heterocycles. The highest BCUT2D eigenvalue weighted by atomic mass is 16.5. The number of aromatic nitrogens is 2. The lowest BCUT2D eigenvalue weighted by molar-refractivity contribution is 0.194. The molecule has 1 rings (SSSR count). The largest absolute Gasteiger partial charge is 0.385 e. The first-order valence-corrected chi connectivity index (χ1v) is 4.63. The van der Waals surface area contributed by atoms with E-state index < -0.39 is 0 Å². The van der Waals surface area contributed by atoms with Crippen LogP contribution in [-0.2, 0) is 4.74 Å². The summed E-state index contributed by atoms with van der Waals surface area (Å²) in [6.45, 7) is 1.66. The molecule has 78 valence electrons. The van der Waals surface area contributed by atoms with E-state index in [0.717, 1.165) is 31.8 Å². The monoisotopic (exact) mass is 196 g/mol. The first-order valence-electron chi connectivity index (χ1n) is 4.63. The third kappa shape index (κ3) is 4.04. The maximum atomic E-state index is 5.48. The molecule has 0 atom stereocenters. The smallest absolute Gasteiger partial charge is 0.146 e. The van der Waals surface area contributed by atoms with Gasteiger partial charge >= 0.3 is 0 Å². The Balaban J connectivity index is 2.18. The third-order valence-electron chi connectivity index (χ3n) is 1.73. The highest BCUT2D eigenvalue weighted by molar-refractivity contribution is 5.37. The van der Waals surface area contributed by atoms with E-state index in [1.807, 2.05) is 0 Å². The number of hydrogen-bond donors (Lipinski definition) is 2. The molecule has 0 aromatic carbocycles. The van der Waals surface area contributed by atoms with Gasteiger partial charge in [0, 0.05) is 20.3 Å². The molecule has 0 aliphatic carbocycles. The predicted molar refractivity (Wildman–Crippen MR) is 56.0 cm³/mol. The van der Waals surface area contributed by atoms with Gasteiger partial charge in [0.2, 0.25) is 0 Å². The average Bonchev–Trinajstić information content (AvgIpc) is 2.18. The molecule has 5 heteroatoms. The molecule has 0 amide bonds. The van der Waals surface area contributed by atoms with Gasteiger partial charge in [0.05, 0.1) is 12.4 Å². The van der Waals surface area contributed by atoms with Crippen LogP contribution in [0.5, 0.6) is 0 Å². The Bertz CT molecular complexity index is 267. The maximum absolute atomic E-state index is 5.48. The topological polar surface area (TPSA) is 73.1 Å². The summed E-state index contributed by atoms with van der Waals surface area (Å²) >= 11 is 0. The second-order valence-corrected chi connectivity index (χ2v) is 2.96. The Morgan fingerprint density at radius 3 is 3.00 bits per heavy atom. The van der Waals surface area contributed by atoms with Crippen LogP contribution >= 0.6 is 0 Å². The van der Waals surface area contributed by atoms with Crippen molar-refractivity contribution in [2.75, 3.05) is 31.3 Å². The molecule has 5 nitrogen and oxygen atoms in total. The maximum Gasteiger partial charge on any atom is 0.146 e. The SMILES string of the molecule is COCCCCNc1cncc(N)n1. The van der Waals surface area contributed by atoms with Gasteiger partial charge in [-0.2, -0.15) is 0 Å². The normalized spacial score (nSPS) is 10.1. The Morgan fingerprint density at radius 1 is 1.43 bits per heavy atom. The minimum Gasteiger partial charge on any atom is -0.385 e. The zero-order valence-electron chi connectivity index (χ0n) is 8.36. The number of ether oxygens (including phenoxy) is 1. The first kappa shape index (κ1) is 10.7. The van der Waals surface area contributed by atoms with Gasteiger partial charge in [0.25, 0.3) is 0 Å². The van der Waals surface area contributed by atoms with Crippen LogP contribution in [0.15, 0.2) is 12.4 Å². The molecular formula is C9H16N4O. The van der Waals surface area contributed by atoms with Crippen LogP contribution in [-0.4, -0.2) is 30.2 Å². The number of nitrogen functional groups attached to an aromatic ring is 1. The first-order chi connectivity index (χ1) is 6.83. The Labute approximate surface area is 83.7 Å². The summed E-state index contributed by atoms with van der Waals surface area (Å²) in [6, 6.07) is 0. The molecule has 1 aromatic rings. The fraction of sp³-hybridized carbons (Fsp3) is 0.556. The van der Waals surface area contributed by atoms with Crippen molar-refractivity contribution in [3.63, 3.8) is 0 Å². The second kappa shape index (κ2) is 6.15. The van der Waals surface area contributed by atoms with Crippen molar-refractivity contribution < 1.29 is 4.74 Å². The average molecular weight is 196 g/mol. The van der Waals surface area contributed by atoms with Crippen molar-refractivity contribution in [3.05, 3.63) is 12.4 Å². The fourth-order valence-corrected chi connectivity index (χ4v) is 1.05. The quantitative estimate of drug-likeness (QED) is 0.661. The fourth-order valence-electron chi connectivity index (χ4n) is 1.05. The Kier molecular flexibility index (Phi) is 4.71. The molecule has 0 aliphatic rings. The van der Waals surface area contributed by atoms with E-state index in [0.29, 0.717) is 5.82 Å². The molecule has 3 N–H and O–H groups in total. The number of unbranched alkanes of at least 4 members (excludes halogenated alkanes) is 1. The molecule has 0 saturated carbocycles. The second-order valence-electron chi connectivity index (χ2n) is 2.96. The summed E-state index contributed by atoms with van der Waals surface area (Å²) in [5.74, 6) is 1.16. The number of anilines is 2. The number of hydrogen-bond acceptors (Lipinski definition) is 5. The van der Waals surface area contributed by atoms with E-state index in [2.05, 4.69) is 15.3 Å². The third-order valence-corrected chi connectivity index (χ3v) is 1.73. The van der Waals surface area contributed by atoms with Gasteiger partial charge in [-0.15, -0.1) is 0 Å². The van der Waals surface area contributed by atoms with Gasteiger partial charge in [0.1, 0.15) is 11.6 Å². The Morgan fingerprint density at radius 2 is 2.29 bits per heavy atom. The van der Waals surface area contributed by atoms with Gasteiger partial charge in [-0.05, 0) is 12.8 Å². The van der Waals surface area contributed by atoms with Crippen molar-refractivity contribution >= 4 is 11.6 Å². The van der Waals surface area contributed by atoms with Crippen LogP contribution < -0.4 is 11.1 Å². The lowest BCUT2D eigenvalue weighted by atomic mass is 10.3. The van der Waals surface area contributed by atoms with Crippen molar-refractivity contribution in [1.29, 1.82) is 0 Å². The molecule has 0 unspecified atom stereocenters. The lowest BCUT2D eigenvalue weighted by Gasteiger charge is -2.04. The molecule has 1 heterocycles. The molecule has 0 spiro atoms. The highest BCUT2D eigenvalue weighted by Gasteiger charge is 1.94. The zero-order valence-corrected chi connectivity index (χ0v) is 8.36. The number of methoxy groups -OCH3 is 1. The highest BCUT2D eigenvalue weighted by Crippen LogP contribution is 2.02. The molecule has 14 heavy (non-hydrogen) atoms. The van der Waals surface area contributed by atoms with Crippen LogP contribution in [0, 0.1) is 0 Å². The van der Waals surface area contributed by atoms with Crippen LogP contribution in [0.3, 0.4) is 0 Å². The minimum atomic E-state index is 0.437. The summed E-state index contributed by atoms with van der Waals surface area (Å²) in [7, 11) is 1.71. The number of rotatable bonds is 6.